The van der Waals surface area contributed by atoms with Crippen molar-refractivity contribution in [3.05, 3.63) is 24.5 Å². The Labute approximate surface area is 100 Å². The van der Waals surface area contributed by atoms with E-state index in [1.54, 1.807) is 0 Å². The van der Waals surface area contributed by atoms with E-state index >= 15 is 0 Å². The number of benzene rings is 1. The fourth-order valence-electron chi connectivity index (χ4n) is 2.57. The molecule has 1 aromatic heterocycles. The van der Waals surface area contributed by atoms with Crippen LogP contribution in [0, 0.1) is 0 Å². The van der Waals surface area contributed by atoms with E-state index in [-0.39, 0.29) is 6.10 Å². The highest BCUT2D eigenvalue weighted by Crippen LogP contribution is 2.27. The summed E-state index contributed by atoms with van der Waals surface area (Å²) < 4.78 is 2.03. The molecule has 0 bridgehead atoms. The van der Waals surface area contributed by atoms with Gasteiger partial charge in [0.15, 0.2) is 0 Å². The molecule has 1 atom stereocenters. The number of aryl methyl sites for hydroxylation is 1. The van der Waals surface area contributed by atoms with Crippen LogP contribution in [0.4, 0.5) is 5.69 Å². The number of imidazole rings is 1. The van der Waals surface area contributed by atoms with Crippen LogP contribution < -0.4 is 4.90 Å². The fraction of sp³-hybridized carbons (Fsp3) is 0.462. The van der Waals surface area contributed by atoms with Crippen molar-refractivity contribution in [2.45, 2.75) is 18.9 Å². The van der Waals surface area contributed by atoms with E-state index in [1.807, 2.05) is 17.9 Å². The first kappa shape index (κ1) is 10.6. The smallest absolute Gasteiger partial charge is 0.112 e. The van der Waals surface area contributed by atoms with Gasteiger partial charge in [-0.15, -0.1) is 0 Å². The summed E-state index contributed by atoms with van der Waals surface area (Å²) in [5, 5.41) is 9.75. The Hall–Kier alpha value is -1.55. The minimum atomic E-state index is -0.206. The first-order valence-corrected chi connectivity index (χ1v) is 6.09. The molecule has 4 heteroatoms. The lowest BCUT2D eigenvalue weighted by molar-refractivity contribution is 0.154. The summed E-state index contributed by atoms with van der Waals surface area (Å²) in [4.78, 5) is 6.70. The third kappa shape index (κ3) is 1.78. The Morgan fingerprint density at radius 1 is 1.41 bits per heavy atom. The van der Waals surface area contributed by atoms with Gasteiger partial charge in [-0.05, 0) is 25.0 Å². The second kappa shape index (κ2) is 4.04. The molecule has 1 N–H and O–H groups in total. The number of β-amino-alcohol motifs (C(OH)–C–C–N with tert-alkyl or cyclic N) is 1. The molecular formula is C13H17N3O. The van der Waals surface area contributed by atoms with Crippen LogP contribution in [0.5, 0.6) is 0 Å². The second-order valence-corrected chi connectivity index (χ2v) is 4.74. The van der Waals surface area contributed by atoms with Gasteiger partial charge in [0.25, 0.3) is 0 Å². The zero-order valence-corrected chi connectivity index (χ0v) is 10.0. The lowest BCUT2D eigenvalue weighted by atomic mass is 10.1. The summed E-state index contributed by atoms with van der Waals surface area (Å²) in [5.74, 6) is 0. The third-order valence-electron chi connectivity index (χ3n) is 3.47. The molecule has 2 heterocycles. The van der Waals surface area contributed by atoms with Crippen LogP contribution in [-0.2, 0) is 7.05 Å². The summed E-state index contributed by atoms with van der Waals surface area (Å²) in [5.41, 5.74) is 3.31. The van der Waals surface area contributed by atoms with Crippen molar-refractivity contribution in [3.8, 4) is 0 Å². The molecule has 1 aliphatic heterocycles. The van der Waals surface area contributed by atoms with Gasteiger partial charge < -0.3 is 14.6 Å². The van der Waals surface area contributed by atoms with Gasteiger partial charge >= 0.3 is 0 Å². The van der Waals surface area contributed by atoms with Crippen LogP contribution in [0.1, 0.15) is 12.8 Å². The van der Waals surface area contributed by atoms with Crippen molar-refractivity contribution in [2.24, 2.45) is 7.05 Å². The van der Waals surface area contributed by atoms with Crippen molar-refractivity contribution >= 4 is 16.7 Å². The molecule has 90 valence electrons. The van der Waals surface area contributed by atoms with E-state index in [2.05, 4.69) is 28.1 Å². The molecule has 2 aromatic rings. The number of piperidine rings is 1. The molecule has 4 nitrogen and oxygen atoms in total. The Kier molecular flexibility index (Phi) is 2.52. The summed E-state index contributed by atoms with van der Waals surface area (Å²) in [7, 11) is 2.00. The molecular weight excluding hydrogens is 214 g/mol. The van der Waals surface area contributed by atoms with E-state index in [0.717, 1.165) is 42.7 Å². The van der Waals surface area contributed by atoms with Crippen LogP contribution in [-0.4, -0.2) is 33.9 Å². The molecule has 0 saturated carbocycles. The first-order valence-electron chi connectivity index (χ1n) is 6.09. The maximum absolute atomic E-state index is 9.75. The monoisotopic (exact) mass is 231 g/mol. The highest BCUT2D eigenvalue weighted by atomic mass is 16.3. The molecule has 0 unspecified atom stereocenters. The second-order valence-electron chi connectivity index (χ2n) is 4.74. The van der Waals surface area contributed by atoms with Crippen molar-refractivity contribution in [3.63, 3.8) is 0 Å². The number of rotatable bonds is 1. The van der Waals surface area contributed by atoms with Gasteiger partial charge in [0.2, 0.25) is 0 Å². The number of hydrogen-bond donors (Lipinski definition) is 1. The largest absolute Gasteiger partial charge is 0.391 e. The van der Waals surface area contributed by atoms with E-state index in [9.17, 15) is 5.11 Å². The van der Waals surface area contributed by atoms with Gasteiger partial charge in [0, 0.05) is 20.1 Å². The quantitative estimate of drug-likeness (QED) is 0.809. The molecule has 1 aromatic carbocycles. The predicted molar refractivity (Wildman–Crippen MR) is 68.2 cm³/mol. The number of nitrogens with zero attached hydrogens (tertiary/aromatic N) is 3. The van der Waals surface area contributed by atoms with Crippen molar-refractivity contribution in [1.29, 1.82) is 0 Å². The van der Waals surface area contributed by atoms with Crippen molar-refractivity contribution in [2.75, 3.05) is 18.0 Å². The van der Waals surface area contributed by atoms with Crippen LogP contribution in [0.25, 0.3) is 11.0 Å². The maximum Gasteiger partial charge on any atom is 0.112 e. The molecule has 3 rings (SSSR count). The number of hydrogen-bond acceptors (Lipinski definition) is 3. The highest BCUT2D eigenvalue weighted by Gasteiger charge is 2.20. The molecule has 0 spiro atoms. The molecule has 1 aliphatic rings. The standard InChI is InChI=1S/C13H17N3O/c1-15-9-14-13-11(15)5-2-6-12(13)16-7-3-4-10(17)8-16/h2,5-6,9-10,17H,3-4,7-8H2,1H3/t10-/m0/s1. The Bertz CT molecular complexity index is 534. The number of anilines is 1. The normalized spacial score (nSPS) is 21.1. The van der Waals surface area contributed by atoms with E-state index < -0.39 is 0 Å². The minimum absolute atomic E-state index is 0.206. The Morgan fingerprint density at radius 3 is 3.12 bits per heavy atom. The van der Waals surface area contributed by atoms with Crippen molar-refractivity contribution in [1.82, 2.24) is 9.55 Å². The molecule has 0 amide bonds. The zero-order chi connectivity index (χ0) is 11.8. The first-order chi connectivity index (χ1) is 8.25. The van der Waals surface area contributed by atoms with Gasteiger partial charge in [-0.2, -0.15) is 0 Å². The number of fused-ring (bicyclic) bond motifs is 1. The van der Waals surface area contributed by atoms with Crippen molar-refractivity contribution < 1.29 is 5.11 Å². The van der Waals surface area contributed by atoms with Crippen LogP contribution in [0.3, 0.4) is 0 Å². The number of aliphatic hydroxyl groups is 1. The fourth-order valence-corrected chi connectivity index (χ4v) is 2.57. The van der Waals surface area contributed by atoms with Gasteiger partial charge in [0.1, 0.15) is 5.52 Å². The van der Waals surface area contributed by atoms with E-state index in [1.165, 1.54) is 0 Å². The summed E-state index contributed by atoms with van der Waals surface area (Å²) in [6, 6.07) is 6.22. The van der Waals surface area contributed by atoms with Crippen LogP contribution in [0.2, 0.25) is 0 Å². The van der Waals surface area contributed by atoms with Gasteiger partial charge in [-0.1, -0.05) is 6.07 Å². The predicted octanol–water partition coefficient (Wildman–Crippen LogP) is 1.53. The van der Waals surface area contributed by atoms with Crippen LogP contribution >= 0.6 is 0 Å². The van der Waals surface area contributed by atoms with E-state index in [0.29, 0.717) is 0 Å². The third-order valence-corrected chi connectivity index (χ3v) is 3.47. The summed E-state index contributed by atoms with van der Waals surface area (Å²) in [6.45, 7) is 1.72. The van der Waals surface area contributed by atoms with Gasteiger partial charge in [-0.25, -0.2) is 4.98 Å². The molecule has 0 aliphatic carbocycles. The molecule has 1 fully saturated rings. The topological polar surface area (TPSA) is 41.3 Å². The van der Waals surface area contributed by atoms with Gasteiger partial charge in [0.05, 0.1) is 23.6 Å². The minimum Gasteiger partial charge on any atom is -0.391 e. The number of aliphatic hydroxyl groups excluding tert-OH is 1. The molecule has 0 radical (unpaired) electrons. The maximum atomic E-state index is 9.75. The summed E-state index contributed by atoms with van der Waals surface area (Å²) >= 11 is 0. The van der Waals surface area contributed by atoms with Crippen LogP contribution in [0.15, 0.2) is 24.5 Å². The zero-order valence-electron chi connectivity index (χ0n) is 10.0. The van der Waals surface area contributed by atoms with Gasteiger partial charge in [-0.3, -0.25) is 0 Å². The molecule has 1 saturated heterocycles. The Balaban J connectivity index is 2.04. The average molecular weight is 231 g/mol. The van der Waals surface area contributed by atoms with E-state index in [4.69, 9.17) is 0 Å². The Morgan fingerprint density at radius 2 is 2.29 bits per heavy atom. The highest BCUT2D eigenvalue weighted by molar-refractivity contribution is 5.89. The average Bonchev–Trinajstić information content (AvgIpc) is 2.71. The lowest BCUT2D eigenvalue weighted by Crippen LogP contribution is -2.38. The number of aromatic nitrogens is 2. The SMILES string of the molecule is Cn1cnc2c(N3CCC[C@H](O)C3)cccc21. The number of para-hydroxylation sites is 1. The summed E-state index contributed by atoms with van der Waals surface area (Å²) in [6.07, 6.45) is 3.59. The lowest BCUT2D eigenvalue weighted by Gasteiger charge is -2.32. The molecule has 17 heavy (non-hydrogen) atoms.